The van der Waals surface area contributed by atoms with Crippen molar-refractivity contribution in [1.82, 2.24) is 4.98 Å². The lowest BCUT2D eigenvalue weighted by Crippen LogP contribution is -2.04. The lowest BCUT2D eigenvalue weighted by Gasteiger charge is -2.09. The number of fused-ring (bicyclic) bond motifs is 1. The lowest BCUT2D eigenvalue weighted by molar-refractivity contribution is -0.136. The highest BCUT2D eigenvalue weighted by molar-refractivity contribution is 6.05. The summed E-state index contributed by atoms with van der Waals surface area (Å²) in [6.45, 7) is 2.14. The van der Waals surface area contributed by atoms with Crippen molar-refractivity contribution in [3.8, 4) is 0 Å². The second-order valence-electron chi connectivity index (χ2n) is 6.45. The molecule has 0 aliphatic heterocycles. The summed E-state index contributed by atoms with van der Waals surface area (Å²) in [4.78, 5) is 26.8. The van der Waals surface area contributed by atoms with E-state index in [1.54, 1.807) is 12.1 Å². The van der Waals surface area contributed by atoms with Crippen LogP contribution in [0.15, 0.2) is 23.8 Å². The van der Waals surface area contributed by atoms with E-state index in [0.29, 0.717) is 0 Å². The average Bonchev–Trinajstić information content (AvgIpc) is 3.22. The molecule has 1 aliphatic rings. The number of aryl methyl sites for hydroxylation is 1. The Morgan fingerprint density at radius 1 is 1.28 bits per heavy atom. The molecule has 0 spiro atoms. The number of methoxy groups -OCH3 is 1. The van der Waals surface area contributed by atoms with Crippen molar-refractivity contribution in [2.45, 2.75) is 45.4 Å². The molecule has 0 atom stereocenters. The van der Waals surface area contributed by atoms with Gasteiger partial charge in [0.2, 0.25) is 0 Å². The quantitative estimate of drug-likeness (QED) is 0.767. The molecule has 1 aromatic carbocycles. The maximum atomic E-state index is 12.2. The van der Waals surface area contributed by atoms with Crippen LogP contribution in [0.5, 0.6) is 0 Å². The van der Waals surface area contributed by atoms with E-state index in [1.807, 2.05) is 6.07 Å². The highest BCUT2D eigenvalue weighted by Gasteiger charge is 2.26. The number of allylic oxidation sites excluding steroid dienone is 1. The highest BCUT2D eigenvalue weighted by Crippen LogP contribution is 2.40. The molecule has 2 aromatic rings. The molecule has 2 N–H and O–H groups in total. The zero-order valence-corrected chi connectivity index (χ0v) is 14.6. The number of aromatic nitrogens is 1. The van der Waals surface area contributed by atoms with Crippen molar-refractivity contribution in [2.75, 3.05) is 7.11 Å². The van der Waals surface area contributed by atoms with Gasteiger partial charge >= 0.3 is 11.9 Å². The molecule has 1 heterocycles. The van der Waals surface area contributed by atoms with Crippen molar-refractivity contribution in [3.63, 3.8) is 0 Å². The average molecular weight is 341 g/mol. The highest BCUT2D eigenvalue weighted by atomic mass is 16.5. The molecule has 0 fully saturated rings. The Morgan fingerprint density at radius 2 is 2.08 bits per heavy atom. The van der Waals surface area contributed by atoms with Gasteiger partial charge in [-0.15, -0.1) is 0 Å². The van der Waals surface area contributed by atoms with Gasteiger partial charge in [0.25, 0.3) is 0 Å². The Labute approximate surface area is 146 Å². The van der Waals surface area contributed by atoms with Crippen LogP contribution >= 0.6 is 0 Å². The maximum Gasteiger partial charge on any atom is 0.335 e. The van der Waals surface area contributed by atoms with Gasteiger partial charge in [-0.2, -0.15) is 0 Å². The van der Waals surface area contributed by atoms with E-state index in [9.17, 15) is 14.7 Å². The molecule has 5 heteroatoms. The number of rotatable bonds is 6. The van der Waals surface area contributed by atoms with Crippen LogP contribution in [0.3, 0.4) is 0 Å². The van der Waals surface area contributed by atoms with E-state index >= 15 is 0 Å². The van der Waals surface area contributed by atoms with Gasteiger partial charge in [0.15, 0.2) is 0 Å². The van der Waals surface area contributed by atoms with Crippen LogP contribution in [-0.2, 0) is 16.0 Å². The van der Waals surface area contributed by atoms with E-state index in [2.05, 4.69) is 11.9 Å². The van der Waals surface area contributed by atoms with Gasteiger partial charge in [0.05, 0.1) is 12.7 Å². The summed E-state index contributed by atoms with van der Waals surface area (Å²) in [5.74, 6) is -1.20. The predicted octanol–water partition coefficient (Wildman–Crippen LogP) is 4.32. The first kappa shape index (κ1) is 17.3. The molecule has 0 bridgehead atoms. The number of hydrogen-bond acceptors (Lipinski definition) is 3. The van der Waals surface area contributed by atoms with Crippen LogP contribution in [0.1, 0.15) is 60.6 Å². The maximum absolute atomic E-state index is 12.2. The van der Waals surface area contributed by atoms with Crippen LogP contribution in [0.4, 0.5) is 0 Å². The summed E-state index contributed by atoms with van der Waals surface area (Å²) in [5.41, 5.74) is 5.02. The number of ether oxygens (including phenoxy) is 1. The fourth-order valence-corrected chi connectivity index (χ4v) is 3.64. The minimum Gasteiger partial charge on any atom is -0.478 e. The number of carbonyl (C=O) groups is 2. The number of esters is 1. The summed E-state index contributed by atoms with van der Waals surface area (Å²) in [6, 6.07) is 5.14. The normalized spacial score (nSPS) is 14.3. The first-order valence-electron chi connectivity index (χ1n) is 8.75. The molecular formula is C20H23NO4. The minimum atomic E-state index is -0.941. The molecule has 1 aromatic heterocycles. The number of carboxylic acid groups (broad SMARTS) is 1. The topological polar surface area (TPSA) is 79.4 Å². The zero-order chi connectivity index (χ0) is 18.0. The van der Waals surface area contributed by atoms with Crippen LogP contribution in [0.2, 0.25) is 0 Å². The number of benzene rings is 1. The Balaban J connectivity index is 2.20. The Bertz CT molecular complexity index is 860. The Morgan fingerprint density at radius 3 is 2.76 bits per heavy atom. The third-order valence-corrected chi connectivity index (χ3v) is 4.85. The summed E-state index contributed by atoms with van der Waals surface area (Å²) in [7, 11) is 1.41. The number of hydrogen-bond donors (Lipinski definition) is 2. The number of unbranched alkanes of at least 4 members (excludes halogenated alkanes) is 1. The number of aromatic amines is 1. The third kappa shape index (κ3) is 3.18. The van der Waals surface area contributed by atoms with Gasteiger partial charge < -0.3 is 14.8 Å². The van der Waals surface area contributed by atoms with Gasteiger partial charge in [-0.1, -0.05) is 19.4 Å². The molecule has 0 saturated heterocycles. The lowest BCUT2D eigenvalue weighted by atomic mass is 9.96. The molecule has 0 amide bonds. The molecular weight excluding hydrogens is 318 g/mol. The van der Waals surface area contributed by atoms with Gasteiger partial charge in [0, 0.05) is 27.7 Å². The molecule has 3 rings (SSSR count). The van der Waals surface area contributed by atoms with Gasteiger partial charge in [-0.05, 0) is 49.8 Å². The Kier molecular flexibility index (Phi) is 4.93. The van der Waals surface area contributed by atoms with Crippen molar-refractivity contribution in [1.29, 1.82) is 0 Å². The number of aromatic carboxylic acids is 1. The van der Waals surface area contributed by atoms with Crippen LogP contribution < -0.4 is 0 Å². The SMILES string of the molecule is CCCCc1[nH]c2cc(C(=O)O)ccc2c1C1=C(C(=O)OC)CCC1. The summed E-state index contributed by atoms with van der Waals surface area (Å²) in [6.07, 6.45) is 5.49. The standard InChI is InChI=1S/C20H23NO4/c1-3-4-8-16-18(13-6-5-7-14(13)20(24)25-2)15-10-9-12(19(22)23)11-17(15)21-16/h9-11,21H,3-8H2,1-2H3,(H,22,23). The van der Waals surface area contributed by atoms with Crippen LogP contribution in [-0.4, -0.2) is 29.1 Å². The summed E-state index contributed by atoms with van der Waals surface area (Å²) < 4.78 is 4.96. The summed E-state index contributed by atoms with van der Waals surface area (Å²) >= 11 is 0. The van der Waals surface area contributed by atoms with Gasteiger partial charge in [-0.3, -0.25) is 0 Å². The largest absolute Gasteiger partial charge is 0.478 e. The predicted molar refractivity (Wildman–Crippen MR) is 96.7 cm³/mol. The smallest absolute Gasteiger partial charge is 0.335 e. The van der Waals surface area contributed by atoms with Crippen molar-refractivity contribution in [3.05, 3.63) is 40.6 Å². The summed E-state index contributed by atoms with van der Waals surface area (Å²) in [5, 5.41) is 10.2. The fourth-order valence-electron chi connectivity index (χ4n) is 3.64. The second-order valence-corrected chi connectivity index (χ2v) is 6.45. The number of carbonyl (C=O) groups excluding carboxylic acids is 1. The van der Waals surface area contributed by atoms with E-state index in [-0.39, 0.29) is 11.5 Å². The fraction of sp³-hybridized carbons (Fsp3) is 0.400. The van der Waals surface area contributed by atoms with E-state index in [1.165, 1.54) is 7.11 Å². The van der Waals surface area contributed by atoms with E-state index in [0.717, 1.165) is 71.8 Å². The molecule has 0 radical (unpaired) electrons. The second kappa shape index (κ2) is 7.13. The number of nitrogens with one attached hydrogen (secondary N) is 1. The molecule has 1 aliphatic carbocycles. The minimum absolute atomic E-state index is 0.259. The first-order valence-corrected chi connectivity index (χ1v) is 8.75. The van der Waals surface area contributed by atoms with Crippen molar-refractivity contribution >= 4 is 28.4 Å². The molecule has 5 nitrogen and oxygen atoms in total. The first-order chi connectivity index (χ1) is 12.1. The van der Waals surface area contributed by atoms with Crippen LogP contribution in [0.25, 0.3) is 16.5 Å². The Hall–Kier alpha value is -2.56. The number of carboxylic acids is 1. The van der Waals surface area contributed by atoms with Crippen molar-refractivity contribution < 1.29 is 19.4 Å². The van der Waals surface area contributed by atoms with Crippen molar-refractivity contribution in [2.24, 2.45) is 0 Å². The van der Waals surface area contributed by atoms with E-state index < -0.39 is 5.97 Å². The van der Waals surface area contributed by atoms with Gasteiger partial charge in [0.1, 0.15) is 0 Å². The molecule has 132 valence electrons. The monoisotopic (exact) mass is 341 g/mol. The molecule has 0 unspecified atom stereocenters. The van der Waals surface area contributed by atoms with Gasteiger partial charge in [-0.25, -0.2) is 9.59 Å². The molecule has 25 heavy (non-hydrogen) atoms. The van der Waals surface area contributed by atoms with E-state index in [4.69, 9.17) is 4.74 Å². The van der Waals surface area contributed by atoms with Crippen LogP contribution in [0, 0.1) is 0 Å². The molecule has 0 saturated carbocycles. The third-order valence-electron chi connectivity index (χ3n) is 4.85. The zero-order valence-electron chi connectivity index (χ0n) is 14.6. The number of H-pyrrole nitrogens is 1.